The second-order valence-electron chi connectivity index (χ2n) is 11.3. The standard InChI is InChI=1S/C33H29F6N3O8S/c1-18-12-19(15-51(45,46)41-25(43)13-20-6-4-8-24(47-2)28(20)48-3)9-10-23(18)42-14-22-26(31(42)44)29(49-16-32(34,35)36)21-7-5-11-40-27(21)30(22)50-17-33(37,38)39/h4-12H,13-17H2,1-3H3,(H,41,43). The number of benzene rings is 3. The number of hydrogen-bond donors (Lipinski definition) is 1. The van der Waals surface area contributed by atoms with Gasteiger partial charge in [-0.1, -0.05) is 24.3 Å². The van der Waals surface area contributed by atoms with E-state index in [9.17, 15) is 44.3 Å². The number of carbonyl (C=O) groups excluding carboxylic acids is 2. The minimum atomic E-state index is -4.82. The third-order valence-electron chi connectivity index (χ3n) is 7.62. The number of aryl methyl sites for hydroxylation is 1. The minimum absolute atomic E-state index is 0.169. The lowest BCUT2D eigenvalue weighted by atomic mass is 10.0. The quantitative estimate of drug-likeness (QED) is 0.179. The van der Waals surface area contributed by atoms with Gasteiger partial charge < -0.3 is 23.8 Å². The molecule has 1 N–H and O–H groups in total. The highest BCUT2D eigenvalue weighted by Crippen LogP contribution is 2.46. The predicted molar refractivity (Wildman–Crippen MR) is 171 cm³/mol. The SMILES string of the molecule is COc1cccc(CC(=O)NS(=O)(=O)Cc2ccc(N3Cc4c(c(OCC(F)(F)F)c5cccnc5c4OCC(F)(F)F)C3=O)c(C)c2)c1OC. The van der Waals surface area contributed by atoms with Gasteiger partial charge in [0.25, 0.3) is 5.91 Å². The van der Waals surface area contributed by atoms with Crippen molar-refractivity contribution < 1.29 is 63.3 Å². The Morgan fingerprint density at radius 1 is 0.922 bits per heavy atom. The van der Waals surface area contributed by atoms with Gasteiger partial charge in [-0.05, 0) is 42.3 Å². The fourth-order valence-electron chi connectivity index (χ4n) is 5.69. The third kappa shape index (κ3) is 8.38. The van der Waals surface area contributed by atoms with Crippen LogP contribution in [0.2, 0.25) is 0 Å². The lowest BCUT2D eigenvalue weighted by Crippen LogP contribution is -2.33. The van der Waals surface area contributed by atoms with E-state index in [1.807, 2.05) is 4.72 Å². The topological polar surface area (TPSA) is 133 Å². The number of sulfonamides is 1. The van der Waals surface area contributed by atoms with Crippen LogP contribution in [0.5, 0.6) is 23.0 Å². The van der Waals surface area contributed by atoms with Gasteiger partial charge in [-0.3, -0.25) is 19.3 Å². The average Bonchev–Trinajstić information content (AvgIpc) is 3.37. The highest BCUT2D eigenvalue weighted by molar-refractivity contribution is 7.89. The lowest BCUT2D eigenvalue weighted by Gasteiger charge is -2.19. The summed E-state index contributed by atoms with van der Waals surface area (Å²) < 4.78 is 128. The van der Waals surface area contributed by atoms with E-state index in [0.29, 0.717) is 16.9 Å². The van der Waals surface area contributed by atoms with E-state index in [0.717, 1.165) is 4.90 Å². The first kappa shape index (κ1) is 37.0. The Hall–Kier alpha value is -5.26. The van der Waals surface area contributed by atoms with E-state index in [1.165, 1.54) is 57.7 Å². The van der Waals surface area contributed by atoms with Crippen LogP contribution in [0, 0.1) is 6.92 Å². The Morgan fingerprint density at radius 3 is 2.24 bits per heavy atom. The molecule has 1 aliphatic rings. The number of anilines is 1. The molecule has 51 heavy (non-hydrogen) atoms. The molecule has 0 saturated heterocycles. The van der Waals surface area contributed by atoms with Crippen LogP contribution in [-0.4, -0.2) is 65.0 Å². The molecule has 0 atom stereocenters. The van der Waals surface area contributed by atoms with E-state index in [-0.39, 0.29) is 39.9 Å². The average molecular weight is 742 g/mol. The zero-order valence-corrected chi connectivity index (χ0v) is 27.9. The second-order valence-corrected chi connectivity index (χ2v) is 13.1. The number of para-hydroxylation sites is 1. The van der Waals surface area contributed by atoms with E-state index >= 15 is 0 Å². The highest BCUT2D eigenvalue weighted by Gasteiger charge is 2.40. The van der Waals surface area contributed by atoms with Crippen LogP contribution in [-0.2, 0) is 33.5 Å². The number of aromatic nitrogens is 1. The summed E-state index contributed by atoms with van der Waals surface area (Å²) in [6.45, 7) is -2.48. The van der Waals surface area contributed by atoms with Crippen molar-refractivity contribution in [2.75, 3.05) is 32.3 Å². The number of nitrogens with zero attached hydrogens (tertiary/aromatic N) is 2. The maximum absolute atomic E-state index is 13.9. The summed E-state index contributed by atoms with van der Waals surface area (Å²) in [6, 6.07) is 11.5. The number of alkyl halides is 6. The molecule has 3 aromatic carbocycles. The van der Waals surface area contributed by atoms with Crippen LogP contribution in [0.4, 0.5) is 32.0 Å². The van der Waals surface area contributed by atoms with Crippen molar-refractivity contribution in [2.24, 2.45) is 0 Å². The first-order valence-electron chi connectivity index (χ1n) is 14.9. The van der Waals surface area contributed by atoms with Gasteiger partial charge >= 0.3 is 12.4 Å². The summed E-state index contributed by atoms with van der Waals surface area (Å²) in [6.07, 6.45) is -8.76. The molecule has 272 valence electrons. The van der Waals surface area contributed by atoms with Gasteiger partial charge in [-0.15, -0.1) is 0 Å². The molecule has 5 rings (SSSR count). The van der Waals surface area contributed by atoms with Crippen molar-refractivity contribution in [3.8, 4) is 23.0 Å². The fourth-order valence-corrected chi connectivity index (χ4v) is 6.80. The number of halogens is 6. The molecule has 0 aliphatic carbocycles. The van der Waals surface area contributed by atoms with E-state index in [4.69, 9.17) is 18.9 Å². The van der Waals surface area contributed by atoms with Gasteiger partial charge in [0.05, 0.1) is 38.5 Å². The van der Waals surface area contributed by atoms with Crippen molar-refractivity contribution in [3.05, 3.63) is 82.5 Å². The number of nitrogens with one attached hydrogen (secondary N) is 1. The molecular formula is C33H29F6N3O8S. The summed E-state index contributed by atoms with van der Waals surface area (Å²) in [7, 11) is -1.46. The number of hydrogen-bond acceptors (Lipinski definition) is 9. The first-order valence-corrected chi connectivity index (χ1v) is 16.5. The van der Waals surface area contributed by atoms with Crippen LogP contribution in [0.25, 0.3) is 10.9 Å². The van der Waals surface area contributed by atoms with Crippen molar-refractivity contribution in [2.45, 2.75) is 38.0 Å². The van der Waals surface area contributed by atoms with Crippen LogP contribution >= 0.6 is 0 Å². The normalized spacial score (nSPS) is 13.3. The smallest absolute Gasteiger partial charge is 0.422 e. The summed E-state index contributed by atoms with van der Waals surface area (Å²) in [4.78, 5) is 31.7. The number of amides is 2. The molecule has 18 heteroatoms. The van der Waals surface area contributed by atoms with Crippen molar-refractivity contribution in [3.63, 3.8) is 0 Å². The molecule has 11 nitrogen and oxygen atoms in total. The van der Waals surface area contributed by atoms with Crippen LogP contribution in [0.15, 0.2) is 54.7 Å². The van der Waals surface area contributed by atoms with Gasteiger partial charge in [-0.2, -0.15) is 26.3 Å². The Bertz CT molecular complexity index is 2110. The van der Waals surface area contributed by atoms with E-state index in [1.54, 1.807) is 18.2 Å². The number of methoxy groups -OCH3 is 2. The second kappa shape index (κ2) is 14.2. The summed E-state index contributed by atoms with van der Waals surface area (Å²) >= 11 is 0. The van der Waals surface area contributed by atoms with Gasteiger partial charge in [0.2, 0.25) is 15.9 Å². The Kier molecular flexibility index (Phi) is 10.3. The van der Waals surface area contributed by atoms with Crippen LogP contribution in [0.3, 0.4) is 0 Å². The van der Waals surface area contributed by atoms with Gasteiger partial charge in [0.1, 0.15) is 11.3 Å². The van der Waals surface area contributed by atoms with Gasteiger partial charge in [0, 0.05) is 28.4 Å². The number of ether oxygens (including phenoxy) is 4. The maximum atomic E-state index is 13.9. The van der Waals surface area contributed by atoms with Crippen molar-refractivity contribution >= 4 is 38.4 Å². The molecule has 0 fully saturated rings. The highest BCUT2D eigenvalue weighted by atomic mass is 32.2. The Balaban J connectivity index is 1.42. The number of carbonyl (C=O) groups is 2. The van der Waals surface area contributed by atoms with Crippen molar-refractivity contribution in [1.82, 2.24) is 9.71 Å². The Labute approximate surface area is 287 Å². The number of rotatable bonds is 12. The summed E-state index contributed by atoms with van der Waals surface area (Å²) in [5.41, 5.74) is 0.243. The molecule has 0 saturated carbocycles. The zero-order valence-electron chi connectivity index (χ0n) is 27.1. The fraction of sp³-hybridized carbons (Fsp3) is 0.303. The molecule has 2 heterocycles. The third-order valence-corrected chi connectivity index (χ3v) is 8.87. The molecule has 1 aromatic heterocycles. The Morgan fingerprint density at radius 2 is 1.61 bits per heavy atom. The molecule has 2 amide bonds. The predicted octanol–water partition coefficient (Wildman–Crippen LogP) is 5.79. The summed E-state index contributed by atoms with van der Waals surface area (Å²) in [5, 5.41) is -0.169. The first-order chi connectivity index (χ1) is 23.9. The largest absolute Gasteiger partial charge is 0.493 e. The minimum Gasteiger partial charge on any atom is -0.493 e. The molecule has 0 radical (unpaired) electrons. The van der Waals surface area contributed by atoms with Crippen LogP contribution < -0.4 is 28.6 Å². The molecule has 0 bridgehead atoms. The lowest BCUT2D eigenvalue weighted by molar-refractivity contribution is -0.154. The molecular weight excluding hydrogens is 712 g/mol. The molecule has 4 aromatic rings. The number of fused-ring (bicyclic) bond motifs is 2. The monoisotopic (exact) mass is 741 g/mol. The maximum Gasteiger partial charge on any atom is 0.422 e. The number of pyridine rings is 1. The summed E-state index contributed by atoms with van der Waals surface area (Å²) in [5.74, 6) is -2.75. The van der Waals surface area contributed by atoms with Crippen LogP contribution in [0.1, 0.15) is 32.6 Å². The molecule has 1 aliphatic heterocycles. The molecule has 0 spiro atoms. The van der Waals surface area contributed by atoms with Gasteiger partial charge in [-0.25, -0.2) is 8.42 Å². The van der Waals surface area contributed by atoms with Crippen molar-refractivity contribution in [1.29, 1.82) is 0 Å². The van der Waals surface area contributed by atoms with E-state index < -0.39 is 76.8 Å². The van der Waals surface area contributed by atoms with Gasteiger partial charge in [0.15, 0.2) is 30.5 Å². The molecule has 0 unspecified atom stereocenters. The van der Waals surface area contributed by atoms with E-state index in [2.05, 4.69) is 4.98 Å². The zero-order chi connectivity index (χ0) is 37.3.